The molecule has 4 aromatic rings. The molecule has 1 aliphatic heterocycles. The Bertz CT molecular complexity index is 1350. The average molecular weight is 488 g/mol. The molecule has 1 aliphatic rings. The first-order valence-corrected chi connectivity index (χ1v) is 11.0. The number of carbonyl (C=O) groups is 2. The van der Waals surface area contributed by atoms with Crippen LogP contribution in [0.1, 0.15) is 17.0 Å². The molecule has 0 saturated carbocycles. The van der Waals surface area contributed by atoms with Gasteiger partial charge in [0.25, 0.3) is 5.91 Å². The fourth-order valence-electron chi connectivity index (χ4n) is 4.13. The number of methoxy groups -OCH3 is 2. The molecule has 1 aromatic heterocycles. The Morgan fingerprint density at radius 2 is 1.44 bits per heavy atom. The number of urea groups is 1. The van der Waals surface area contributed by atoms with Gasteiger partial charge < -0.3 is 19.3 Å². The number of imide groups is 1. The third-order valence-corrected chi connectivity index (χ3v) is 6.02. The normalized spacial score (nSPS) is 14.6. The lowest BCUT2D eigenvalue weighted by Crippen LogP contribution is -2.45. The monoisotopic (exact) mass is 488 g/mol. The Hall–Kier alpha value is -4.73. The first-order valence-electron chi connectivity index (χ1n) is 11.0. The molecule has 1 fully saturated rings. The number of rotatable bonds is 7. The zero-order chi connectivity index (χ0) is 25.3. The number of ether oxygens (including phenoxy) is 2. The summed E-state index contributed by atoms with van der Waals surface area (Å²) in [4.78, 5) is 32.3. The van der Waals surface area contributed by atoms with Crippen molar-refractivity contribution in [3.63, 3.8) is 0 Å². The van der Waals surface area contributed by atoms with Crippen LogP contribution < -0.4 is 14.8 Å². The van der Waals surface area contributed by atoms with Crippen molar-refractivity contribution in [2.75, 3.05) is 14.2 Å². The molecule has 0 aliphatic carbocycles. The summed E-state index contributed by atoms with van der Waals surface area (Å²) < 4.78 is 29.0. The van der Waals surface area contributed by atoms with Crippen LogP contribution in [-0.2, 0) is 16.9 Å². The van der Waals surface area contributed by atoms with Crippen LogP contribution >= 0.6 is 0 Å². The van der Waals surface area contributed by atoms with Gasteiger partial charge >= 0.3 is 6.03 Å². The lowest BCUT2D eigenvalue weighted by Gasteiger charge is -2.28. The summed E-state index contributed by atoms with van der Waals surface area (Å²) in [5, 5.41) is 6.76. The van der Waals surface area contributed by atoms with Crippen LogP contribution in [0.3, 0.4) is 0 Å². The van der Waals surface area contributed by atoms with Crippen molar-refractivity contribution in [1.29, 1.82) is 0 Å². The van der Waals surface area contributed by atoms with Crippen molar-refractivity contribution in [2.45, 2.75) is 12.1 Å². The number of hydrogen-bond acceptors (Lipinski definition) is 7. The molecule has 5 rings (SSSR count). The Morgan fingerprint density at radius 1 is 0.889 bits per heavy atom. The number of carbonyl (C=O) groups excluding carboxylic acids is 2. The highest BCUT2D eigenvalue weighted by molar-refractivity contribution is 6.09. The summed E-state index contributed by atoms with van der Waals surface area (Å²) in [6, 6.07) is 18.7. The van der Waals surface area contributed by atoms with Gasteiger partial charge in [-0.1, -0.05) is 29.4 Å². The van der Waals surface area contributed by atoms with E-state index in [0.29, 0.717) is 28.2 Å². The van der Waals surface area contributed by atoms with Crippen molar-refractivity contribution in [2.24, 2.45) is 0 Å². The van der Waals surface area contributed by atoms with Crippen LogP contribution in [0.5, 0.6) is 11.5 Å². The second-order valence-electron chi connectivity index (χ2n) is 8.05. The van der Waals surface area contributed by atoms with Crippen LogP contribution in [-0.4, -0.2) is 41.2 Å². The molecule has 182 valence electrons. The van der Waals surface area contributed by atoms with Gasteiger partial charge in [0.2, 0.25) is 11.7 Å². The molecule has 0 radical (unpaired) electrons. The third kappa shape index (κ3) is 3.92. The molecular weight excluding hydrogens is 467 g/mol. The van der Waals surface area contributed by atoms with Gasteiger partial charge in [-0.25, -0.2) is 9.18 Å². The smallest absolute Gasteiger partial charge is 0.326 e. The fourth-order valence-corrected chi connectivity index (χ4v) is 4.13. The number of nitrogens with zero attached hydrogens (tertiary/aromatic N) is 3. The van der Waals surface area contributed by atoms with Crippen molar-refractivity contribution in [1.82, 2.24) is 20.4 Å². The number of halogens is 1. The number of aromatic nitrogens is 2. The zero-order valence-corrected chi connectivity index (χ0v) is 19.4. The van der Waals surface area contributed by atoms with E-state index < -0.39 is 23.3 Å². The predicted octanol–water partition coefficient (Wildman–Crippen LogP) is 3.89. The highest BCUT2D eigenvalue weighted by Crippen LogP contribution is 2.38. The van der Waals surface area contributed by atoms with Crippen LogP contribution in [0.4, 0.5) is 9.18 Å². The molecule has 0 unspecified atom stereocenters. The van der Waals surface area contributed by atoms with Gasteiger partial charge in [0.15, 0.2) is 5.54 Å². The lowest BCUT2D eigenvalue weighted by atomic mass is 9.82. The van der Waals surface area contributed by atoms with E-state index in [2.05, 4.69) is 15.5 Å². The minimum absolute atomic E-state index is 0.0538. The molecule has 36 heavy (non-hydrogen) atoms. The quantitative estimate of drug-likeness (QED) is 0.393. The summed E-state index contributed by atoms with van der Waals surface area (Å²) in [5.41, 5.74) is 0.142. The van der Waals surface area contributed by atoms with Gasteiger partial charge in [-0.2, -0.15) is 4.98 Å². The van der Waals surface area contributed by atoms with Crippen LogP contribution in [0, 0.1) is 5.82 Å². The van der Waals surface area contributed by atoms with Crippen molar-refractivity contribution < 1.29 is 28.0 Å². The molecule has 10 heteroatoms. The Morgan fingerprint density at radius 3 is 1.97 bits per heavy atom. The second-order valence-corrected chi connectivity index (χ2v) is 8.05. The van der Waals surface area contributed by atoms with Gasteiger partial charge in [-0.3, -0.25) is 9.69 Å². The van der Waals surface area contributed by atoms with E-state index in [0.717, 1.165) is 4.90 Å². The molecule has 0 spiro atoms. The maximum Gasteiger partial charge on any atom is 0.326 e. The molecule has 0 bridgehead atoms. The Kier molecular flexibility index (Phi) is 5.85. The van der Waals surface area contributed by atoms with Crippen molar-refractivity contribution in [3.8, 4) is 22.9 Å². The van der Waals surface area contributed by atoms with Gasteiger partial charge in [0.05, 0.1) is 14.2 Å². The van der Waals surface area contributed by atoms with Crippen LogP contribution in [0.2, 0.25) is 0 Å². The van der Waals surface area contributed by atoms with E-state index in [1.165, 1.54) is 24.3 Å². The summed E-state index contributed by atoms with van der Waals surface area (Å²) in [5.74, 6) is 0.583. The van der Waals surface area contributed by atoms with Crippen molar-refractivity contribution >= 4 is 11.9 Å². The predicted molar refractivity (Wildman–Crippen MR) is 126 cm³/mol. The first-order chi connectivity index (χ1) is 17.4. The zero-order valence-electron chi connectivity index (χ0n) is 19.4. The lowest BCUT2D eigenvalue weighted by molar-refractivity contribution is -0.130. The van der Waals surface area contributed by atoms with E-state index in [1.807, 2.05) is 0 Å². The number of benzene rings is 3. The van der Waals surface area contributed by atoms with E-state index in [-0.39, 0.29) is 18.3 Å². The second kappa shape index (κ2) is 9.14. The highest BCUT2D eigenvalue weighted by Gasteiger charge is 2.54. The summed E-state index contributed by atoms with van der Waals surface area (Å²) in [6.45, 7) is -0.243. The van der Waals surface area contributed by atoms with Crippen molar-refractivity contribution in [3.05, 3.63) is 95.6 Å². The topological polar surface area (TPSA) is 107 Å². The summed E-state index contributed by atoms with van der Waals surface area (Å²) >= 11 is 0. The van der Waals surface area contributed by atoms with Gasteiger partial charge in [-0.05, 0) is 59.7 Å². The fraction of sp³-hybridized carbons (Fsp3) is 0.154. The number of nitrogens with one attached hydrogen (secondary N) is 1. The molecular formula is C26H21FN4O5. The molecule has 3 amide bonds. The minimum atomic E-state index is -1.49. The van der Waals surface area contributed by atoms with Gasteiger partial charge in [-0.15, -0.1) is 0 Å². The SMILES string of the molecule is COc1ccc(C2(c3ccc(OC)cc3)NC(=O)N(Cc3nc(-c4ccc(F)cc4)no3)C2=O)cc1. The summed E-state index contributed by atoms with van der Waals surface area (Å²) in [7, 11) is 3.09. The minimum Gasteiger partial charge on any atom is -0.497 e. The van der Waals surface area contributed by atoms with E-state index >= 15 is 0 Å². The maximum absolute atomic E-state index is 13.9. The van der Waals surface area contributed by atoms with E-state index in [4.69, 9.17) is 14.0 Å². The Labute approximate surface area is 205 Å². The summed E-state index contributed by atoms with van der Waals surface area (Å²) in [6.07, 6.45) is 0. The third-order valence-electron chi connectivity index (χ3n) is 6.02. The van der Waals surface area contributed by atoms with E-state index in [1.54, 1.807) is 62.8 Å². The largest absolute Gasteiger partial charge is 0.497 e. The molecule has 1 N–H and O–H groups in total. The highest BCUT2D eigenvalue weighted by atomic mass is 19.1. The number of amides is 3. The van der Waals surface area contributed by atoms with Crippen LogP contribution in [0.25, 0.3) is 11.4 Å². The average Bonchev–Trinajstić information content (AvgIpc) is 3.48. The number of hydrogen-bond donors (Lipinski definition) is 1. The van der Waals surface area contributed by atoms with Gasteiger partial charge in [0, 0.05) is 5.56 Å². The molecule has 2 heterocycles. The molecule has 9 nitrogen and oxygen atoms in total. The van der Waals surface area contributed by atoms with E-state index in [9.17, 15) is 14.0 Å². The standard InChI is InChI=1S/C26H21FN4O5/c1-34-20-11-5-17(6-12-20)26(18-7-13-21(35-2)14-8-18)24(32)31(25(33)29-26)15-22-28-23(30-36-22)16-3-9-19(27)10-4-16/h3-14H,15H2,1-2H3,(H,29,33). The molecule has 0 atom stereocenters. The Balaban J connectivity index is 1.50. The van der Waals surface area contributed by atoms with Gasteiger partial charge in [0.1, 0.15) is 23.9 Å². The molecule has 1 saturated heterocycles. The molecule has 3 aromatic carbocycles. The van der Waals surface area contributed by atoms with Crippen LogP contribution in [0.15, 0.2) is 77.3 Å². The maximum atomic E-state index is 13.9. The first kappa shape index (κ1) is 23.0.